The molecular formula is C15H25NO2. The lowest BCUT2D eigenvalue weighted by Gasteiger charge is -2.23. The summed E-state index contributed by atoms with van der Waals surface area (Å²) < 4.78 is 5.37. The van der Waals surface area contributed by atoms with Gasteiger partial charge in [-0.15, -0.1) is 0 Å². The predicted molar refractivity (Wildman–Crippen MR) is 75.2 cm³/mol. The molecule has 0 radical (unpaired) electrons. The largest absolute Gasteiger partial charge is 0.496 e. The zero-order valence-corrected chi connectivity index (χ0v) is 12.2. The number of methoxy groups -OCH3 is 1. The molecule has 0 aromatic heterocycles. The number of hydrogen-bond donors (Lipinski definition) is 1. The van der Waals surface area contributed by atoms with E-state index in [4.69, 9.17) is 4.74 Å². The van der Waals surface area contributed by atoms with E-state index in [-0.39, 0.29) is 0 Å². The van der Waals surface area contributed by atoms with Crippen molar-refractivity contribution < 1.29 is 9.84 Å². The Hall–Kier alpha value is -1.06. The number of aryl methyl sites for hydroxylation is 2. The van der Waals surface area contributed by atoms with Crippen LogP contribution >= 0.6 is 0 Å². The summed E-state index contributed by atoms with van der Waals surface area (Å²) in [6.07, 6.45) is -0.501. The Kier molecular flexibility index (Phi) is 5.63. The molecule has 18 heavy (non-hydrogen) atoms. The average Bonchev–Trinajstić information content (AvgIpc) is 2.38. The third-order valence-electron chi connectivity index (χ3n) is 3.53. The van der Waals surface area contributed by atoms with Gasteiger partial charge in [0.2, 0.25) is 0 Å². The molecule has 0 spiro atoms. The Balaban J connectivity index is 2.97. The van der Waals surface area contributed by atoms with Crippen LogP contribution in [0.2, 0.25) is 0 Å². The molecule has 1 atom stereocenters. The quantitative estimate of drug-likeness (QED) is 0.843. The van der Waals surface area contributed by atoms with Crippen molar-refractivity contribution in [3.8, 4) is 5.75 Å². The summed E-state index contributed by atoms with van der Waals surface area (Å²) in [5, 5.41) is 10.4. The highest BCUT2D eigenvalue weighted by molar-refractivity contribution is 5.43. The molecule has 0 aliphatic carbocycles. The van der Waals surface area contributed by atoms with Crippen LogP contribution in [0, 0.1) is 13.8 Å². The highest BCUT2D eigenvalue weighted by atomic mass is 16.5. The second-order valence-electron chi connectivity index (χ2n) is 4.68. The highest BCUT2D eigenvalue weighted by Gasteiger charge is 2.16. The molecule has 1 aromatic carbocycles. The standard InChI is InChI=1S/C15H25NO2/c1-6-16(7-2)10-14(17)13-8-11(3)12(4)9-15(13)18-5/h8-9,14,17H,6-7,10H2,1-5H3. The van der Waals surface area contributed by atoms with Crippen LogP contribution < -0.4 is 4.74 Å². The monoisotopic (exact) mass is 251 g/mol. The van der Waals surface area contributed by atoms with E-state index in [1.807, 2.05) is 12.1 Å². The topological polar surface area (TPSA) is 32.7 Å². The number of nitrogens with zero attached hydrogens (tertiary/aromatic N) is 1. The lowest BCUT2D eigenvalue weighted by atomic mass is 10.0. The van der Waals surface area contributed by atoms with Crippen molar-refractivity contribution in [2.24, 2.45) is 0 Å². The normalized spacial score (nSPS) is 12.8. The first-order valence-corrected chi connectivity index (χ1v) is 6.59. The van der Waals surface area contributed by atoms with Gasteiger partial charge in [-0.05, 0) is 50.2 Å². The minimum absolute atomic E-state index is 0.501. The number of benzene rings is 1. The van der Waals surface area contributed by atoms with E-state index in [9.17, 15) is 5.11 Å². The van der Waals surface area contributed by atoms with Crippen LogP contribution in [-0.2, 0) is 0 Å². The molecule has 0 saturated carbocycles. The molecule has 1 aromatic rings. The number of likely N-dealkylation sites (N-methyl/N-ethyl adjacent to an activating group) is 1. The second-order valence-corrected chi connectivity index (χ2v) is 4.68. The predicted octanol–water partition coefficient (Wildman–Crippen LogP) is 2.69. The van der Waals surface area contributed by atoms with Gasteiger partial charge in [0.1, 0.15) is 5.75 Å². The fourth-order valence-electron chi connectivity index (χ4n) is 2.07. The molecule has 1 N–H and O–H groups in total. The Morgan fingerprint density at radius 1 is 1.17 bits per heavy atom. The van der Waals surface area contributed by atoms with Gasteiger partial charge in [0, 0.05) is 12.1 Å². The summed E-state index contributed by atoms with van der Waals surface area (Å²) in [5.41, 5.74) is 3.25. The number of aliphatic hydroxyl groups excluding tert-OH is 1. The van der Waals surface area contributed by atoms with E-state index >= 15 is 0 Å². The van der Waals surface area contributed by atoms with Gasteiger partial charge in [0.05, 0.1) is 13.2 Å². The first-order valence-electron chi connectivity index (χ1n) is 6.59. The van der Waals surface area contributed by atoms with Crippen LogP contribution in [0.3, 0.4) is 0 Å². The fraction of sp³-hybridized carbons (Fsp3) is 0.600. The lowest BCUT2D eigenvalue weighted by Crippen LogP contribution is -2.28. The molecule has 0 fully saturated rings. The molecule has 0 amide bonds. The molecule has 0 saturated heterocycles. The SMILES string of the molecule is CCN(CC)CC(O)c1cc(C)c(C)cc1OC. The molecule has 0 heterocycles. The maximum atomic E-state index is 10.4. The number of aliphatic hydroxyl groups is 1. The Morgan fingerprint density at radius 2 is 1.72 bits per heavy atom. The van der Waals surface area contributed by atoms with Gasteiger partial charge in [-0.1, -0.05) is 13.8 Å². The zero-order valence-electron chi connectivity index (χ0n) is 12.2. The molecular weight excluding hydrogens is 226 g/mol. The lowest BCUT2D eigenvalue weighted by molar-refractivity contribution is 0.116. The maximum Gasteiger partial charge on any atom is 0.124 e. The molecule has 1 rings (SSSR count). The van der Waals surface area contributed by atoms with Gasteiger partial charge in [-0.3, -0.25) is 0 Å². The van der Waals surface area contributed by atoms with E-state index in [0.29, 0.717) is 6.54 Å². The fourth-order valence-corrected chi connectivity index (χ4v) is 2.07. The molecule has 0 aliphatic rings. The first kappa shape index (κ1) is 15.0. The molecule has 3 heteroatoms. The minimum Gasteiger partial charge on any atom is -0.496 e. The summed E-state index contributed by atoms with van der Waals surface area (Å²) in [4.78, 5) is 2.21. The summed E-state index contributed by atoms with van der Waals surface area (Å²) in [7, 11) is 1.65. The van der Waals surface area contributed by atoms with Crippen molar-refractivity contribution >= 4 is 0 Å². The number of ether oxygens (including phenoxy) is 1. The van der Waals surface area contributed by atoms with Gasteiger partial charge in [-0.25, -0.2) is 0 Å². The number of hydrogen-bond acceptors (Lipinski definition) is 3. The van der Waals surface area contributed by atoms with Crippen LogP contribution in [0.4, 0.5) is 0 Å². The van der Waals surface area contributed by atoms with Crippen molar-refractivity contribution in [3.63, 3.8) is 0 Å². The summed E-state index contributed by atoms with van der Waals surface area (Å²) in [6.45, 7) is 10.9. The third kappa shape index (κ3) is 3.47. The summed E-state index contributed by atoms with van der Waals surface area (Å²) in [5.74, 6) is 0.776. The maximum absolute atomic E-state index is 10.4. The van der Waals surface area contributed by atoms with Crippen LogP contribution in [0.5, 0.6) is 5.75 Å². The van der Waals surface area contributed by atoms with Crippen molar-refractivity contribution in [2.45, 2.75) is 33.8 Å². The van der Waals surface area contributed by atoms with Crippen molar-refractivity contribution in [1.29, 1.82) is 0 Å². The molecule has 0 bridgehead atoms. The van der Waals surface area contributed by atoms with E-state index in [1.165, 1.54) is 11.1 Å². The molecule has 1 unspecified atom stereocenters. The summed E-state index contributed by atoms with van der Waals surface area (Å²) in [6, 6.07) is 4.03. The Labute approximate surface area is 110 Å². The van der Waals surface area contributed by atoms with Crippen LogP contribution in [-0.4, -0.2) is 36.8 Å². The molecule has 3 nitrogen and oxygen atoms in total. The van der Waals surface area contributed by atoms with Crippen molar-refractivity contribution in [3.05, 3.63) is 28.8 Å². The number of rotatable bonds is 6. The van der Waals surface area contributed by atoms with Gasteiger partial charge in [0.25, 0.3) is 0 Å². The van der Waals surface area contributed by atoms with Crippen LogP contribution in [0.25, 0.3) is 0 Å². The van der Waals surface area contributed by atoms with Crippen LogP contribution in [0.15, 0.2) is 12.1 Å². The first-order chi connectivity index (χ1) is 8.53. The Bertz CT molecular complexity index is 386. The average molecular weight is 251 g/mol. The second kappa shape index (κ2) is 6.76. The highest BCUT2D eigenvalue weighted by Crippen LogP contribution is 2.29. The van der Waals surface area contributed by atoms with E-state index in [1.54, 1.807) is 7.11 Å². The van der Waals surface area contributed by atoms with Gasteiger partial charge < -0.3 is 14.7 Å². The van der Waals surface area contributed by atoms with E-state index in [2.05, 4.69) is 32.6 Å². The van der Waals surface area contributed by atoms with Crippen LogP contribution in [0.1, 0.15) is 36.6 Å². The smallest absolute Gasteiger partial charge is 0.124 e. The van der Waals surface area contributed by atoms with E-state index in [0.717, 1.165) is 24.4 Å². The molecule has 102 valence electrons. The zero-order chi connectivity index (χ0) is 13.7. The van der Waals surface area contributed by atoms with E-state index < -0.39 is 6.10 Å². The van der Waals surface area contributed by atoms with Crippen molar-refractivity contribution in [1.82, 2.24) is 4.90 Å². The third-order valence-corrected chi connectivity index (χ3v) is 3.53. The van der Waals surface area contributed by atoms with Gasteiger partial charge in [-0.2, -0.15) is 0 Å². The van der Waals surface area contributed by atoms with Gasteiger partial charge >= 0.3 is 0 Å². The molecule has 0 aliphatic heterocycles. The van der Waals surface area contributed by atoms with Gasteiger partial charge in [0.15, 0.2) is 0 Å². The summed E-state index contributed by atoms with van der Waals surface area (Å²) >= 11 is 0. The van der Waals surface area contributed by atoms with Crippen molar-refractivity contribution in [2.75, 3.05) is 26.7 Å². The Morgan fingerprint density at radius 3 is 2.22 bits per heavy atom. The minimum atomic E-state index is -0.501.